The highest BCUT2D eigenvalue weighted by Crippen LogP contribution is 2.47. The zero-order valence-electron chi connectivity index (χ0n) is 30.1. The van der Waals surface area contributed by atoms with Crippen molar-refractivity contribution < 1.29 is 0 Å². The fraction of sp³-hybridized carbons (Fsp3) is 0.273. The third-order valence-corrected chi connectivity index (χ3v) is 11.5. The number of azo groups is 3. The van der Waals surface area contributed by atoms with E-state index in [-0.39, 0.29) is 11.3 Å². The maximum atomic E-state index is 4.65. The van der Waals surface area contributed by atoms with Gasteiger partial charge in [-0.1, -0.05) is 37.1 Å². The first-order chi connectivity index (χ1) is 26.6. The van der Waals surface area contributed by atoms with Crippen LogP contribution in [-0.4, -0.2) is 11.3 Å². The molecular formula is C44H42N10. The minimum Gasteiger partial charge on any atom is -0.362 e. The lowest BCUT2D eigenvalue weighted by molar-refractivity contribution is 0.358. The Kier molecular flexibility index (Phi) is 8.04. The average Bonchev–Trinajstić information content (AvgIpc) is 3.21. The van der Waals surface area contributed by atoms with E-state index in [9.17, 15) is 0 Å². The SMILES string of the molecule is c1cc2c3c(ccc(N=Nc4ccc(N=Nc5ccc(N=Nc6ccc7c8c(cccc68)NC6(CCCCC6)N7)cc5)cc4)c3c1)NC1(CCCCC1)N2. The number of anilines is 4. The molecule has 4 aliphatic rings. The lowest BCUT2D eigenvalue weighted by Crippen LogP contribution is -2.49. The van der Waals surface area contributed by atoms with Crippen molar-refractivity contribution in [1.29, 1.82) is 0 Å². The van der Waals surface area contributed by atoms with Gasteiger partial charge in [-0.3, -0.25) is 0 Å². The summed E-state index contributed by atoms with van der Waals surface area (Å²) in [5, 5.41) is 47.1. The van der Waals surface area contributed by atoms with E-state index in [2.05, 4.69) is 113 Å². The van der Waals surface area contributed by atoms with Crippen molar-refractivity contribution in [2.24, 2.45) is 30.7 Å². The van der Waals surface area contributed by atoms with E-state index >= 15 is 0 Å². The van der Waals surface area contributed by atoms with Crippen LogP contribution in [0.4, 0.5) is 56.9 Å². The molecule has 4 N–H and O–H groups in total. The minimum absolute atomic E-state index is 0.0504. The summed E-state index contributed by atoms with van der Waals surface area (Å²) < 4.78 is 0. The monoisotopic (exact) mass is 710 g/mol. The Bertz CT molecular complexity index is 2250. The molecule has 2 heterocycles. The molecule has 2 fully saturated rings. The van der Waals surface area contributed by atoms with Gasteiger partial charge in [0.1, 0.15) is 11.3 Å². The topological polar surface area (TPSA) is 122 Å². The molecule has 2 aliphatic heterocycles. The molecule has 2 spiro atoms. The van der Waals surface area contributed by atoms with Gasteiger partial charge in [-0.15, -0.1) is 10.2 Å². The molecule has 0 atom stereocenters. The van der Waals surface area contributed by atoms with Gasteiger partial charge < -0.3 is 21.3 Å². The molecule has 54 heavy (non-hydrogen) atoms. The van der Waals surface area contributed by atoms with Crippen LogP contribution < -0.4 is 21.3 Å². The lowest BCUT2D eigenvalue weighted by atomic mass is 9.86. The van der Waals surface area contributed by atoms with Crippen molar-refractivity contribution in [3.05, 3.63) is 109 Å². The normalized spacial score (nSPS) is 18.3. The molecule has 0 radical (unpaired) electrons. The molecule has 0 saturated heterocycles. The van der Waals surface area contributed by atoms with E-state index in [1.54, 1.807) is 0 Å². The fourth-order valence-electron chi connectivity index (χ4n) is 8.79. The van der Waals surface area contributed by atoms with Crippen molar-refractivity contribution in [1.82, 2.24) is 0 Å². The van der Waals surface area contributed by atoms with Gasteiger partial charge in [0.05, 0.1) is 34.1 Å². The van der Waals surface area contributed by atoms with Crippen molar-refractivity contribution >= 4 is 78.4 Å². The number of hydrogen-bond acceptors (Lipinski definition) is 10. The van der Waals surface area contributed by atoms with Crippen LogP contribution in [0.5, 0.6) is 0 Å². The van der Waals surface area contributed by atoms with Crippen LogP contribution in [0.2, 0.25) is 0 Å². The lowest BCUT2D eigenvalue weighted by Gasteiger charge is -2.44. The largest absolute Gasteiger partial charge is 0.362 e. The molecule has 0 aromatic heterocycles. The Morgan fingerprint density at radius 1 is 0.333 bits per heavy atom. The molecule has 2 aliphatic carbocycles. The zero-order valence-corrected chi connectivity index (χ0v) is 30.1. The van der Waals surface area contributed by atoms with Crippen molar-refractivity contribution in [2.45, 2.75) is 75.5 Å². The number of rotatable bonds is 6. The second kappa shape index (κ2) is 13.4. The van der Waals surface area contributed by atoms with E-state index < -0.39 is 0 Å². The second-order valence-corrected chi connectivity index (χ2v) is 15.1. The molecule has 0 amide bonds. The van der Waals surface area contributed by atoms with E-state index in [1.807, 2.05) is 48.5 Å². The summed E-state index contributed by atoms with van der Waals surface area (Å²) in [7, 11) is 0. The van der Waals surface area contributed by atoms with Gasteiger partial charge in [-0.25, -0.2) is 0 Å². The predicted octanol–water partition coefficient (Wildman–Crippen LogP) is 14.2. The highest BCUT2D eigenvalue weighted by molar-refractivity contribution is 6.10. The Morgan fingerprint density at radius 2 is 0.667 bits per heavy atom. The Labute approximate surface area is 314 Å². The molecule has 2 saturated carbocycles. The summed E-state index contributed by atoms with van der Waals surface area (Å²) in [6.45, 7) is 0. The van der Waals surface area contributed by atoms with Crippen LogP contribution in [0.1, 0.15) is 64.2 Å². The van der Waals surface area contributed by atoms with E-state index in [4.69, 9.17) is 0 Å². The highest BCUT2D eigenvalue weighted by atomic mass is 15.2. The van der Waals surface area contributed by atoms with E-state index in [1.165, 1.54) is 72.0 Å². The summed E-state index contributed by atoms with van der Waals surface area (Å²) in [5.74, 6) is 0. The van der Waals surface area contributed by atoms with Gasteiger partial charge >= 0.3 is 0 Å². The number of nitrogens with zero attached hydrogens (tertiary/aromatic N) is 6. The first kappa shape index (κ1) is 32.5. The third kappa shape index (κ3) is 6.11. The Morgan fingerprint density at radius 3 is 1.04 bits per heavy atom. The zero-order chi connectivity index (χ0) is 36.0. The van der Waals surface area contributed by atoms with Gasteiger partial charge in [-0.2, -0.15) is 20.5 Å². The number of benzene rings is 6. The maximum absolute atomic E-state index is 4.65. The number of hydrogen-bond donors (Lipinski definition) is 4. The average molecular weight is 711 g/mol. The Hall–Kier alpha value is -6.16. The standard InChI is InChI=1S/C44H42N10/c1-3-25-43(26-4-1)45-37-11-7-9-33-35(21-23-39(47-43)41(33)37)53-51-31-17-13-29(14-18-31)49-50-30-15-19-32(20-16-30)52-54-36-22-24-40-42-34(36)10-8-12-38(42)46-44(48-40)27-5-2-6-28-44/h7-24,45-48H,1-6,25-28H2. The molecule has 268 valence electrons. The molecule has 0 bridgehead atoms. The molecular weight excluding hydrogens is 669 g/mol. The van der Waals surface area contributed by atoms with Gasteiger partial charge in [0, 0.05) is 44.3 Å². The summed E-state index contributed by atoms with van der Waals surface area (Å²) in [4.78, 5) is 0. The maximum Gasteiger partial charge on any atom is 0.108 e. The minimum atomic E-state index is -0.0504. The first-order valence-corrected chi connectivity index (χ1v) is 19.3. The van der Waals surface area contributed by atoms with Gasteiger partial charge in [-0.05, 0) is 136 Å². The smallest absolute Gasteiger partial charge is 0.108 e. The van der Waals surface area contributed by atoms with Gasteiger partial charge in [0.2, 0.25) is 0 Å². The van der Waals surface area contributed by atoms with E-state index in [0.717, 1.165) is 70.6 Å². The van der Waals surface area contributed by atoms with Gasteiger partial charge in [0.25, 0.3) is 0 Å². The van der Waals surface area contributed by atoms with Crippen LogP contribution in [-0.2, 0) is 0 Å². The van der Waals surface area contributed by atoms with Gasteiger partial charge in [0.15, 0.2) is 0 Å². The fourth-order valence-corrected chi connectivity index (χ4v) is 8.79. The van der Waals surface area contributed by atoms with Crippen LogP contribution >= 0.6 is 0 Å². The molecule has 10 heteroatoms. The molecule has 6 aromatic rings. The summed E-state index contributed by atoms with van der Waals surface area (Å²) in [5.41, 5.74) is 9.21. The van der Waals surface area contributed by atoms with Crippen molar-refractivity contribution in [2.75, 3.05) is 21.3 Å². The van der Waals surface area contributed by atoms with Crippen LogP contribution in [0, 0.1) is 0 Å². The second-order valence-electron chi connectivity index (χ2n) is 15.1. The highest BCUT2D eigenvalue weighted by Gasteiger charge is 2.37. The van der Waals surface area contributed by atoms with Crippen molar-refractivity contribution in [3.8, 4) is 0 Å². The molecule has 10 nitrogen and oxygen atoms in total. The van der Waals surface area contributed by atoms with Crippen LogP contribution in [0.15, 0.2) is 140 Å². The molecule has 0 unspecified atom stereocenters. The quantitative estimate of drug-likeness (QED) is 0.128. The summed E-state index contributed by atoms with van der Waals surface area (Å²) in [6, 6.07) is 36.4. The Balaban J connectivity index is 0.798. The third-order valence-electron chi connectivity index (χ3n) is 11.5. The van der Waals surface area contributed by atoms with Crippen molar-refractivity contribution in [3.63, 3.8) is 0 Å². The number of nitrogens with one attached hydrogen (secondary N) is 4. The summed E-state index contributed by atoms with van der Waals surface area (Å²) >= 11 is 0. The van der Waals surface area contributed by atoms with Crippen LogP contribution in [0.25, 0.3) is 21.5 Å². The van der Waals surface area contributed by atoms with Crippen LogP contribution in [0.3, 0.4) is 0 Å². The molecule has 10 rings (SSSR count). The van der Waals surface area contributed by atoms with E-state index in [0.29, 0.717) is 0 Å². The predicted molar refractivity (Wildman–Crippen MR) is 219 cm³/mol. The molecule has 6 aromatic carbocycles. The summed E-state index contributed by atoms with van der Waals surface area (Å²) in [6.07, 6.45) is 12.1. The first-order valence-electron chi connectivity index (χ1n) is 19.3.